The minimum Gasteiger partial charge on any atom is -0.496 e. The Morgan fingerprint density at radius 2 is 1.88 bits per heavy atom. The monoisotopic (exact) mass is 393 g/mol. The summed E-state index contributed by atoms with van der Waals surface area (Å²) in [5.74, 6) is 0.950. The number of aromatic nitrogens is 1. The van der Waals surface area contributed by atoms with Gasteiger partial charge in [-0.15, -0.1) is 0 Å². The van der Waals surface area contributed by atoms with Crippen molar-refractivity contribution in [1.29, 1.82) is 5.26 Å². The molecule has 25 heavy (non-hydrogen) atoms. The lowest BCUT2D eigenvalue weighted by Gasteiger charge is -2.18. The van der Waals surface area contributed by atoms with Crippen LogP contribution in [0.3, 0.4) is 0 Å². The van der Waals surface area contributed by atoms with Gasteiger partial charge in [-0.05, 0) is 30.7 Å². The Labute approximate surface area is 155 Å². The van der Waals surface area contributed by atoms with Gasteiger partial charge in [-0.3, -0.25) is 0 Å². The van der Waals surface area contributed by atoms with Crippen molar-refractivity contribution in [2.75, 3.05) is 12.8 Å². The number of halogens is 1. The topological polar surface area (TPSA) is 71.9 Å². The third-order valence-electron chi connectivity index (χ3n) is 4.01. The van der Waals surface area contributed by atoms with E-state index in [0.29, 0.717) is 5.56 Å². The SMILES string of the molecule is COc1ccccc1-c1c(C)nc(N)c(C#N)c1-c1cccc(Br)c1. The fourth-order valence-corrected chi connectivity index (χ4v) is 3.35. The summed E-state index contributed by atoms with van der Waals surface area (Å²) >= 11 is 3.50. The molecule has 0 fully saturated rings. The molecule has 0 aliphatic rings. The maximum absolute atomic E-state index is 9.71. The summed E-state index contributed by atoms with van der Waals surface area (Å²) in [6, 6.07) is 17.7. The zero-order chi connectivity index (χ0) is 18.0. The van der Waals surface area contributed by atoms with E-state index in [9.17, 15) is 5.26 Å². The first-order valence-corrected chi connectivity index (χ1v) is 8.45. The van der Waals surface area contributed by atoms with Gasteiger partial charge in [-0.2, -0.15) is 5.26 Å². The molecule has 0 atom stereocenters. The summed E-state index contributed by atoms with van der Waals surface area (Å²) in [7, 11) is 1.63. The number of nitrogens with two attached hydrogens (primary N) is 1. The molecule has 0 aliphatic heterocycles. The lowest BCUT2D eigenvalue weighted by atomic mass is 9.90. The van der Waals surface area contributed by atoms with E-state index >= 15 is 0 Å². The molecule has 3 aromatic rings. The van der Waals surface area contributed by atoms with Crippen molar-refractivity contribution in [3.63, 3.8) is 0 Å². The predicted molar refractivity (Wildman–Crippen MR) is 103 cm³/mol. The molecule has 124 valence electrons. The van der Waals surface area contributed by atoms with E-state index in [2.05, 4.69) is 27.0 Å². The Kier molecular flexibility index (Phi) is 4.73. The molecule has 1 aromatic heterocycles. The standard InChI is InChI=1S/C20H16BrN3O/c1-12-18(15-8-3-4-9-17(15)25-2)19(16(11-22)20(23)24-12)13-6-5-7-14(21)10-13/h3-10H,1-2H3,(H2,23,24). The highest BCUT2D eigenvalue weighted by Crippen LogP contribution is 2.42. The molecule has 0 saturated carbocycles. The van der Waals surface area contributed by atoms with Crippen LogP contribution in [0.5, 0.6) is 5.75 Å². The van der Waals surface area contributed by atoms with Crippen LogP contribution in [-0.4, -0.2) is 12.1 Å². The molecule has 0 bridgehead atoms. The molecular weight excluding hydrogens is 378 g/mol. The highest BCUT2D eigenvalue weighted by Gasteiger charge is 2.21. The Morgan fingerprint density at radius 3 is 2.56 bits per heavy atom. The normalized spacial score (nSPS) is 10.3. The van der Waals surface area contributed by atoms with Crippen LogP contribution in [0.1, 0.15) is 11.3 Å². The number of anilines is 1. The largest absolute Gasteiger partial charge is 0.496 e. The van der Waals surface area contributed by atoms with Crippen molar-refractivity contribution in [3.05, 3.63) is 64.3 Å². The molecule has 0 aliphatic carbocycles. The van der Waals surface area contributed by atoms with Crippen molar-refractivity contribution >= 4 is 21.7 Å². The van der Waals surface area contributed by atoms with Gasteiger partial charge < -0.3 is 10.5 Å². The number of hydrogen-bond donors (Lipinski definition) is 1. The lowest BCUT2D eigenvalue weighted by Crippen LogP contribution is -2.04. The number of ether oxygens (including phenoxy) is 1. The zero-order valence-corrected chi connectivity index (χ0v) is 15.5. The van der Waals surface area contributed by atoms with Crippen molar-refractivity contribution < 1.29 is 4.74 Å². The van der Waals surface area contributed by atoms with Crippen LogP contribution in [0.15, 0.2) is 53.0 Å². The number of para-hydroxylation sites is 1. The van der Waals surface area contributed by atoms with Gasteiger partial charge in [0.05, 0.1) is 7.11 Å². The Morgan fingerprint density at radius 1 is 1.12 bits per heavy atom. The van der Waals surface area contributed by atoms with Gasteiger partial charge >= 0.3 is 0 Å². The van der Waals surface area contributed by atoms with Gasteiger partial charge in [0.1, 0.15) is 23.2 Å². The van der Waals surface area contributed by atoms with Crippen LogP contribution in [0, 0.1) is 18.3 Å². The van der Waals surface area contributed by atoms with Crippen LogP contribution in [0.4, 0.5) is 5.82 Å². The van der Waals surface area contributed by atoms with E-state index in [0.717, 1.165) is 38.2 Å². The first-order valence-electron chi connectivity index (χ1n) is 7.66. The van der Waals surface area contributed by atoms with Gasteiger partial charge in [-0.25, -0.2) is 4.98 Å². The van der Waals surface area contributed by atoms with Crippen molar-refractivity contribution in [3.8, 4) is 34.1 Å². The first-order chi connectivity index (χ1) is 12.1. The maximum Gasteiger partial charge on any atom is 0.142 e. The minimum absolute atomic E-state index is 0.230. The van der Waals surface area contributed by atoms with Crippen molar-refractivity contribution in [2.24, 2.45) is 0 Å². The van der Waals surface area contributed by atoms with Crippen LogP contribution in [-0.2, 0) is 0 Å². The molecular formula is C20H16BrN3O. The third-order valence-corrected chi connectivity index (χ3v) is 4.50. The van der Waals surface area contributed by atoms with Crippen LogP contribution in [0.25, 0.3) is 22.3 Å². The van der Waals surface area contributed by atoms with E-state index in [1.54, 1.807) is 7.11 Å². The summed E-state index contributed by atoms with van der Waals surface area (Å²) in [6.45, 7) is 1.89. The molecule has 3 rings (SSSR count). The summed E-state index contributed by atoms with van der Waals surface area (Å²) in [5, 5.41) is 9.71. The van der Waals surface area contributed by atoms with Crippen molar-refractivity contribution in [2.45, 2.75) is 6.92 Å². The highest BCUT2D eigenvalue weighted by atomic mass is 79.9. The second-order valence-electron chi connectivity index (χ2n) is 5.53. The first kappa shape index (κ1) is 17.0. The predicted octanol–water partition coefficient (Wildman–Crippen LogP) is 4.95. The number of nitriles is 1. The van der Waals surface area contributed by atoms with Gasteiger partial charge in [0.15, 0.2) is 0 Å². The third kappa shape index (κ3) is 3.09. The van der Waals surface area contributed by atoms with Crippen LogP contribution < -0.4 is 10.5 Å². The van der Waals surface area contributed by atoms with Gasteiger partial charge in [-0.1, -0.05) is 46.3 Å². The number of benzene rings is 2. The molecule has 4 nitrogen and oxygen atoms in total. The molecule has 1 heterocycles. The molecule has 0 amide bonds. The Balaban J connectivity index is 2.45. The number of nitrogen functional groups attached to an aromatic ring is 1. The molecule has 2 aromatic carbocycles. The fourth-order valence-electron chi connectivity index (χ4n) is 2.95. The number of nitrogens with zero attached hydrogens (tertiary/aromatic N) is 2. The highest BCUT2D eigenvalue weighted by molar-refractivity contribution is 9.10. The van der Waals surface area contributed by atoms with Gasteiger partial charge in [0, 0.05) is 26.9 Å². The second kappa shape index (κ2) is 6.96. The summed E-state index contributed by atoms with van der Waals surface area (Å²) < 4.78 is 6.45. The lowest BCUT2D eigenvalue weighted by molar-refractivity contribution is 0.416. The average molecular weight is 394 g/mol. The van der Waals surface area contributed by atoms with Gasteiger partial charge in [0.2, 0.25) is 0 Å². The summed E-state index contributed by atoms with van der Waals surface area (Å²) in [6.07, 6.45) is 0. The second-order valence-corrected chi connectivity index (χ2v) is 6.45. The van der Waals surface area contributed by atoms with Crippen molar-refractivity contribution in [1.82, 2.24) is 4.98 Å². The number of pyridine rings is 1. The fraction of sp³-hybridized carbons (Fsp3) is 0.100. The molecule has 0 radical (unpaired) electrons. The Hall–Kier alpha value is -2.84. The number of aryl methyl sites for hydroxylation is 1. The maximum atomic E-state index is 9.71. The smallest absolute Gasteiger partial charge is 0.142 e. The Bertz CT molecular complexity index is 993. The van der Waals surface area contributed by atoms with E-state index < -0.39 is 0 Å². The van der Waals surface area contributed by atoms with E-state index in [-0.39, 0.29) is 5.82 Å². The van der Waals surface area contributed by atoms with E-state index in [1.807, 2.05) is 55.5 Å². The number of hydrogen-bond acceptors (Lipinski definition) is 4. The van der Waals surface area contributed by atoms with Crippen LogP contribution >= 0.6 is 15.9 Å². The van der Waals surface area contributed by atoms with Gasteiger partial charge in [0.25, 0.3) is 0 Å². The van der Waals surface area contributed by atoms with E-state index in [4.69, 9.17) is 10.5 Å². The molecule has 5 heteroatoms. The summed E-state index contributed by atoms with van der Waals surface area (Å²) in [4.78, 5) is 4.39. The molecule has 0 spiro atoms. The zero-order valence-electron chi connectivity index (χ0n) is 13.9. The molecule has 0 saturated heterocycles. The molecule has 0 unspecified atom stereocenters. The number of methoxy groups -OCH3 is 1. The van der Waals surface area contributed by atoms with E-state index in [1.165, 1.54) is 0 Å². The van der Waals surface area contributed by atoms with Crippen LogP contribution in [0.2, 0.25) is 0 Å². The number of rotatable bonds is 3. The average Bonchev–Trinajstić information content (AvgIpc) is 2.61. The molecule has 2 N–H and O–H groups in total. The minimum atomic E-state index is 0.230. The summed E-state index contributed by atoms with van der Waals surface area (Å²) in [5.41, 5.74) is 10.5. The quantitative estimate of drug-likeness (QED) is 0.682.